The van der Waals surface area contributed by atoms with E-state index in [4.69, 9.17) is 0 Å². The molecular weight excluding hydrogens is 340 g/mol. The summed E-state index contributed by atoms with van der Waals surface area (Å²) in [7, 11) is 0. The monoisotopic (exact) mass is 362 g/mol. The van der Waals surface area contributed by atoms with Crippen LogP contribution in [0.3, 0.4) is 0 Å². The van der Waals surface area contributed by atoms with Gasteiger partial charge in [-0.15, -0.1) is 0 Å². The number of carbonyl (C=O) groups excluding carboxylic acids is 3. The summed E-state index contributed by atoms with van der Waals surface area (Å²) in [4.78, 5) is 39.0. The molecule has 1 aliphatic carbocycles. The molecule has 1 saturated carbocycles. The second-order valence-electron chi connectivity index (χ2n) is 7.38. The number of nitrogens with one attached hydrogen (secondary N) is 1. The lowest BCUT2D eigenvalue weighted by Gasteiger charge is -2.19. The molecule has 138 valence electrons. The number of fused-ring (bicyclic) bond motifs is 1. The Morgan fingerprint density at radius 1 is 0.889 bits per heavy atom. The van der Waals surface area contributed by atoms with Gasteiger partial charge in [-0.25, -0.2) is 0 Å². The molecule has 1 aliphatic heterocycles. The van der Waals surface area contributed by atoms with Crippen LogP contribution in [0.4, 0.5) is 11.4 Å². The summed E-state index contributed by atoms with van der Waals surface area (Å²) in [5.41, 5.74) is 2.88. The first-order valence-electron chi connectivity index (χ1n) is 9.40. The predicted molar refractivity (Wildman–Crippen MR) is 104 cm³/mol. The summed E-state index contributed by atoms with van der Waals surface area (Å²) >= 11 is 0. The Morgan fingerprint density at radius 2 is 1.44 bits per heavy atom. The SMILES string of the molecule is Cc1ccc(NC(=O)c2ccc(N3C(=O)[C@H]4CCCC[C@@H]4C3=O)cc2)cc1. The van der Waals surface area contributed by atoms with Crippen molar-refractivity contribution in [2.24, 2.45) is 11.8 Å². The molecule has 0 spiro atoms. The van der Waals surface area contributed by atoms with Crippen molar-refractivity contribution in [1.29, 1.82) is 0 Å². The number of imide groups is 1. The zero-order valence-corrected chi connectivity index (χ0v) is 15.3. The van der Waals surface area contributed by atoms with E-state index in [2.05, 4.69) is 5.32 Å². The van der Waals surface area contributed by atoms with Crippen molar-refractivity contribution in [3.05, 3.63) is 59.7 Å². The molecule has 2 aliphatic rings. The van der Waals surface area contributed by atoms with Gasteiger partial charge in [-0.1, -0.05) is 30.5 Å². The molecule has 5 nitrogen and oxygen atoms in total. The van der Waals surface area contributed by atoms with Gasteiger partial charge in [0, 0.05) is 11.3 Å². The van der Waals surface area contributed by atoms with Crippen molar-refractivity contribution in [2.45, 2.75) is 32.6 Å². The highest BCUT2D eigenvalue weighted by Gasteiger charge is 2.48. The maximum Gasteiger partial charge on any atom is 0.255 e. The number of hydrogen-bond donors (Lipinski definition) is 1. The molecule has 3 amide bonds. The minimum absolute atomic E-state index is 0.0958. The van der Waals surface area contributed by atoms with E-state index < -0.39 is 0 Å². The Labute approximate surface area is 158 Å². The maximum atomic E-state index is 12.7. The summed E-state index contributed by atoms with van der Waals surface area (Å²) < 4.78 is 0. The van der Waals surface area contributed by atoms with Crippen LogP contribution >= 0.6 is 0 Å². The highest BCUT2D eigenvalue weighted by molar-refractivity contribution is 6.22. The molecule has 27 heavy (non-hydrogen) atoms. The molecule has 0 unspecified atom stereocenters. The third kappa shape index (κ3) is 3.25. The van der Waals surface area contributed by atoms with Gasteiger partial charge in [0.1, 0.15) is 0 Å². The number of amides is 3. The van der Waals surface area contributed by atoms with Crippen LogP contribution in [-0.4, -0.2) is 17.7 Å². The molecular formula is C22H22N2O3. The van der Waals surface area contributed by atoms with Gasteiger partial charge >= 0.3 is 0 Å². The van der Waals surface area contributed by atoms with Gasteiger partial charge in [0.15, 0.2) is 0 Å². The number of aryl methyl sites for hydroxylation is 1. The summed E-state index contributed by atoms with van der Waals surface area (Å²) in [6.45, 7) is 1.99. The Bertz CT molecular complexity index is 863. The summed E-state index contributed by atoms with van der Waals surface area (Å²) in [5.74, 6) is -0.757. The number of nitrogens with zero attached hydrogens (tertiary/aromatic N) is 1. The van der Waals surface area contributed by atoms with Crippen molar-refractivity contribution in [3.8, 4) is 0 Å². The van der Waals surface area contributed by atoms with Crippen LogP contribution in [0.2, 0.25) is 0 Å². The van der Waals surface area contributed by atoms with Crippen LogP contribution in [-0.2, 0) is 9.59 Å². The third-order valence-electron chi connectivity index (χ3n) is 5.54. The fourth-order valence-corrected chi connectivity index (χ4v) is 4.02. The Kier molecular flexibility index (Phi) is 4.52. The first-order chi connectivity index (χ1) is 13.0. The molecule has 2 aromatic rings. The number of carbonyl (C=O) groups is 3. The predicted octanol–water partition coefficient (Wildman–Crippen LogP) is 3.93. The van der Waals surface area contributed by atoms with E-state index in [0.29, 0.717) is 11.3 Å². The largest absolute Gasteiger partial charge is 0.322 e. The first kappa shape index (κ1) is 17.5. The fourth-order valence-electron chi connectivity index (χ4n) is 4.02. The van der Waals surface area contributed by atoms with Crippen LogP contribution in [0.25, 0.3) is 0 Å². The number of rotatable bonds is 3. The second-order valence-corrected chi connectivity index (χ2v) is 7.38. The Balaban J connectivity index is 1.50. The molecule has 1 saturated heterocycles. The van der Waals surface area contributed by atoms with Crippen LogP contribution in [0.1, 0.15) is 41.6 Å². The van der Waals surface area contributed by atoms with E-state index in [9.17, 15) is 14.4 Å². The van der Waals surface area contributed by atoms with E-state index in [0.717, 1.165) is 36.9 Å². The topological polar surface area (TPSA) is 66.5 Å². The minimum Gasteiger partial charge on any atom is -0.322 e. The second kappa shape index (κ2) is 6.99. The van der Waals surface area contributed by atoms with Gasteiger partial charge in [-0.05, 0) is 56.2 Å². The van der Waals surface area contributed by atoms with Gasteiger partial charge in [0.2, 0.25) is 11.8 Å². The number of anilines is 2. The highest BCUT2D eigenvalue weighted by atomic mass is 16.2. The van der Waals surface area contributed by atoms with Crippen LogP contribution in [0.5, 0.6) is 0 Å². The molecule has 2 aromatic carbocycles. The normalized spacial score (nSPS) is 21.9. The van der Waals surface area contributed by atoms with Crippen LogP contribution < -0.4 is 10.2 Å². The lowest BCUT2D eigenvalue weighted by atomic mass is 9.81. The fraction of sp³-hybridized carbons (Fsp3) is 0.318. The van der Waals surface area contributed by atoms with Gasteiger partial charge in [-0.2, -0.15) is 0 Å². The standard InChI is InChI=1S/C22H22N2O3/c1-14-6-10-16(11-7-14)23-20(25)15-8-12-17(13-9-15)24-21(26)18-4-2-3-5-19(18)22(24)27/h6-13,18-19H,2-5H2,1H3,(H,23,25)/t18-,19-/m0/s1. The van der Waals surface area contributed by atoms with Crippen LogP contribution in [0.15, 0.2) is 48.5 Å². The highest BCUT2D eigenvalue weighted by Crippen LogP contribution is 2.40. The van der Waals surface area contributed by atoms with Gasteiger partial charge in [0.05, 0.1) is 17.5 Å². The molecule has 2 atom stereocenters. The van der Waals surface area contributed by atoms with Crippen molar-refractivity contribution < 1.29 is 14.4 Å². The Hall–Kier alpha value is -2.95. The average Bonchev–Trinajstić information content (AvgIpc) is 2.95. The maximum absolute atomic E-state index is 12.7. The van der Waals surface area contributed by atoms with E-state index in [1.165, 1.54) is 4.90 Å². The molecule has 1 heterocycles. The zero-order chi connectivity index (χ0) is 19.0. The zero-order valence-electron chi connectivity index (χ0n) is 15.3. The average molecular weight is 362 g/mol. The number of hydrogen-bond acceptors (Lipinski definition) is 3. The van der Waals surface area contributed by atoms with E-state index in [1.807, 2.05) is 31.2 Å². The van der Waals surface area contributed by atoms with E-state index >= 15 is 0 Å². The van der Waals surface area contributed by atoms with Gasteiger partial charge in [-0.3, -0.25) is 19.3 Å². The van der Waals surface area contributed by atoms with Crippen LogP contribution in [0, 0.1) is 18.8 Å². The smallest absolute Gasteiger partial charge is 0.255 e. The Morgan fingerprint density at radius 3 is 2.00 bits per heavy atom. The van der Waals surface area contributed by atoms with Crippen molar-refractivity contribution in [1.82, 2.24) is 0 Å². The molecule has 0 bridgehead atoms. The molecule has 5 heteroatoms. The first-order valence-corrected chi connectivity index (χ1v) is 9.40. The lowest BCUT2D eigenvalue weighted by molar-refractivity contribution is -0.122. The van der Waals surface area contributed by atoms with Gasteiger partial charge in [0.25, 0.3) is 5.91 Å². The number of benzene rings is 2. The lowest BCUT2D eigenvalue weighted by Crippen LogP contribution is -2.30. The quantitative estimate of drug-likeness (QED) is 0.842. The molecule has 0 radical (unpaired) electrons. The van der Waals surface area contributed by atoms with Crippen molar-refractivity contribution in [3.63, 3.8) is 0 Å². The minimum atomic E-state index is -0.224. The summed E-state index contributed by atoms with van der Waals surface area (Å²) in [6.07, 6.45) is 3.60. The summed E-state index contributed by atoms with van der Waals surface area (Å²) in [5, 5.41) is 2.85. The van der Waals surface area contributed by atoms with Gasteiger partial charge < -0.3 is 5.32 Å². The molecule has 2 fully saturated rings. The third-order valence-corrected chi connectivity index (χ3v) is 5.54. The van der Waals surface area contributed by atoms with Crippen molar-refractivity contribution >= 4 is 29.1 Å². The van der Waals surface area contributed by atoms with Crippen molar-refractivity contribution in [2.75, 3.05) is 10.2 Å². The van der Waals surface area contributed by atoms with E-state index in [-0.39, 0.29) is 29.6 Å². The molecule has 0 aromatic heterocycles. The summed E-state index contributed by atoms with van der Waals surface area (Å²) in [6, 6.07) is 14.2. The van der Waals surface area contributed by atoms with E-state index in [1.54, 1.807) is 24.3 Å². The molecule has 1 N–H and O–H groups in total. The molecule has 4 rings (SSSR count).